The molecule has 0 spiro atoms. The van der Waals surface area contributed by atoms with Crippen molar-refractivity contribution in [2.75, 3.05) is 5.73 Å². The predicted octanol–water partition coefficient (Wildman–Crippen LogP) is 4.64. The molecule has 90 valence electrons. The van der Waals surface area contributed by atoms with Crippen molar-refractivity contribution in [2.24, 2.45) is 0 Å². The Morgan fingerprint density at radius 2 is 1.89 bits per heavy atom. The monoisotopic (exact) mass is 257 g/mol. The van der Waals surface area contributed by atoms with E-state index in [2.05, 4.69) is 0 Å². The predicted molar refractivity (Wildman–Crippen MR) is 75.8 cm³/mol. The largest absolute Gasteiger partial charge is 0.456 e. The third kappa shape index (κ3) is 1.85. The van der Waals surface area contributed by atoms with Crippen LogP contribution in [0.5, 0.6) is 0 Å². The molecule has 2 N–H and O–H groups in total. The minimum absolute atomic E-state index is 0.712. The van der Waals surface area contributed by atoms with Crippen LogP contribution < -0.4 is 5.73 Å². The minimum Gasteiger partial charge on any atom is -0.456 e. The van der Waals surface area contributed by atoms with E-state index in [1.807, 2.05) is 49.4 Å². The summed E-state index contributed by atoms with van der Waals surface area (Å²) >= 11 is 5.97. The van der Waals surface area contributed by atoms with Gasteiger partial charge in [-0.2, -0.15) is 0 Å². The molecule has 0 aliphatic carbocycles. The lowest BCUT2D eigenvalue weighted by Gasteiger charge is -2.02. The number of halogens is 1. The van der Waals surface area contributed by atoms with Gasteiger partial charge in [-0.3, -0.25) is 0 Å². The normalized spacial score (nSPS) is 11.0. The number of aryl methyl sites for hydroxylation is 1. The molecule has 0 aliphatic heterocycles. The summed E-state index contributed by atoms with van der Waals surface area (Å²) in [5.74, 6) is 0.838. The van der Waals surface area contributed by atoms with E-state index in [0.29, 0.717) is 5.02 Å². The molecule has 1 heterocycles. The highest BCUT2D eigenvalue weighted by Gasteiger charge is 2.09. The Morgan fingerprint density at radius 3 is 2.67 bits per heavy atom. The molecule has 3 heteroatoms. The van der Waals surface area contributed by atoms with Gasteiger partial charge in [-0.1, -0.05) is 11.6 Å². The molecule has 0 bridgehead atoms. The molecule has 0 saturated heterocycles. The van der Waals surface area contributed by atoms with E-state index in [9.17, 15) is 0 Å². The molecule has 0 amide bonds. The maximum atomic E-state index is 5.97. The first-order valence-electron chi connectivity index (χ1n) is 5.69. The van der Waals surface area contributed by atoms with Crippen molar-refractivity contribution in [3.8, 4) is 11.3 Å². The van der Waals surface area contributed by atoms with Crippen molar-refractivity contribution in [2.45, 2.75) is 6.92 Å². The Hall–Kier alpha value is -1.93. The fraction of sp³-hybridized carbons (Fsp3) is 0.0667. The number of hydrogen-bond donors (Lipinski definition) is 1. The zero-order valence-electron chi connectivity index (χ0n) is 9.91. The molecular weight excluding hydrogens is 246 g/mol. The van der Waals surface area contributed by atoms with Crippen LogP contribution in [-0.2, 0) is 0 Å². The SMILES string of the molecule is Cc1cc(N)ccc1-c1cc2cc(Cl)ccc2o1. The van der Waals surface area contributed by atoms with Gasteiger partial charge in [0.25, 0.3) is 0 Å². The average Bonchev–Trinajstić information content (AvgIpc) is 2.71. The van der Waals surface area contributed by atoms with Gasteiger partial charge < -0.3 is 10.2 Å². The number of fused-ring (bicyclic) bond motifs is 1. The maximum absolute atomic E-state index is 5.97. The van der Waals surface area contributed by atoms with E-state index in [1.54, 1.807) is 0 Å². The lowest BCUT2D eigenvalue weighted by Crippen LogP contribution is -1.87. The standard InChI is InChI=1S/C15H12ClNO/c1-9-6-12(17)3-4-13(9)15-8-10-7-11(16)2-5-14(10)18-15/h2-8H,17H2,1H3. The van der Waals surface area contributed by atoms with E-state index < -0.39 is 0 Å². The summed E-state index contributed by atoms with van der Waals surface area (Å²) in [6, 6.07) is 13.4. The van der Waals surface area contributed by atoms with Crippen molar-refractivity contribution in [3.05, 3.63) is 53.1 Å². The van der Waals surface area contributed by atoms with Crippen LogP contribution >= 0.6 is 11.6 Å². The number of anilines is 1. The molecule has 2 aromatic carbocycles. The summed E-state index contributed by atoms with van der Waals surface area (Å²) in [6.45, 7) is 2.02. The van der Waals surface area contributed by atoms with Crippen molar-refractivity contribution in [1.29, 1.82) is 0 Å². The molecule has 1 aromatic heterocycles. The lowest BCUT2D eigenvalue weighted by atomic mass is 10.1. The first kappa shape index (κ1) is 11.2. The molecule has 0 aliphatic rings. The molecule has 2 nitrogen and oxygen atoms in total. The van der Waals surface area contributed by atoms with E-state index in [-0.39, 0.29) is 0 Å². The zero-order chi connectivity index (χ0) is 12.7. The number of benzene rings is 2. The highest BCUT2D eigenvalue weighted by molar-refractivity contribution is 6.31. The van der Waals surface area contributed by atoms with Gasteiger partial charge in [0, 0.05) is 21.7 Å². The summed E-state index contributed by atoms with van der Waals surface area (Å²) in [5.41, 5.74) is 9.50. The van der Waals surface area contributed by atoms with Crippen LogP contribution in [0.15, 0.2) is 46.9 Å². The van der Waals surface area contributed by atoms with Gasteiger partial charge >= 0.3 is 0 Å². The van der Waals surface area contributed by atoms with E-state index in [0.717, 1.165) is 33.5 Å². The second-order valence-electron chi connectivity index (χ2n) is 4.37. The van der Waals surface area contributed by atoms with Crippen LogP contribution in [0.25, 0.3) is 22.3 Å². The molecule has 0 radical (unpaired) electrons. The van der Waals surface area contributed by atoms with Crippen LogP contribution in [0.4, 0.5) is 5.69 Å². The van der Waals surface area contributed by atoms with E-state index >= 15 is 0 Å². The van der Waals surface area contributed by atoms with Gasteiger partial charge in [-0.15, -0.1) is 0 Å². The second-order valence-corrected chi connectivity index (χ2v) is 4.80. The van der Waals surface area contributed by atoms with E-state index in [4.69, 9.17) is 21.8 Å². The minimum atomic E-state index is 0.712. The van der Waals surface area contributed by atoms with Crippen LogP contribution in [0.2, 0.25) is 5.02 Å². The highest BCUT2D eigenvalue weighted by atomic mass is 35.5. The highest BCUT2D eigenvalue weighted by Crippen LogP contribution is 2.31. The van der Waals surface area contributed by atoms with Crippen LogP contribution in [0.1, 0.15) is 5.56 Å². The van der Waals surface area contributed by atoms with Crippen LogP contribution in [0, 0.1) is 6.92 Å². The first-order valence-corrected chi connectivity index (χ1v) is 6.07. The number of hydrogen-bond acceptors (Lipinski definition) is 2. The Kier molecular flexibility index (Phi) is 2.53. The smallest absolute Gasteiger partial charge is 0.135 e. The quantitative estimate of drug-likeness (QED) is 0.645. The van der Waals surface area contributed by atoms with Gasteiger partial charge in [0.15, 0.2) is 0 Å². The molecule has 3 rings (SSSR count). The molecule has 0 saturated carbocycles. The summed E-state index contributed by atoms with van der Waals surface area (Å²) in [6.07, 6.45) is 0. The Balaban J connectivity index is 2.19. The first-order chi connectivity index (χ1) is 8.63. The Bertz CT molecular complexity index is 730. The van der Waals surface area contributed by atoms with Crippen LogP contribution in [-0.4, -0.2) is 0 Å². The third-order valence-electron chi connectivity index (χ3n) is 2.99. The van der Waals surface area contributed by atoms with Gasteiger partial charge in [0.1, 0.15) is 11.3 Å². The van der Waals surface area contributed by atoms with Crippen molar-refractivity contribution >= 4 is 28.3 Å². The van der Waals surface area contributed by atoms with E-state index in [1.165, 1.54) is 0 Å². The number of furan rings is 1. The molecule has 18 heavy (non-hydrogen) atoms. The summed E-state index contributed by atoms with van der Waals surface area (Å²) < 4.78 is 5.83. The van der Waals surface area contributed by atoms with Crippen molar-refractivity contribution in [1.82, 2.24) is 0 Å². The maximum Gasteiger partial charge on any atom is 0.135 e. The fourth-order valence-corrected chi connectivity index (χ4v) is 2.29. The molecule has 3 aromatic rings. The molecule has 0 unspecified atom stereocenters. The number of rotatable bonds is 1. The number of nitrogens with two attached hydrogens (primary N) is 1. The summed E-state index contributed by atoms with van der Waals surface area (Å²) in [5, 5.41) is 1.72. The fourth-order valence-electron chi connectivity index (χ4n) is 2.11. The van der Waals surface area contributed by atoms with Gasteiger partial charge in [-0.05, 0) is 55.0 Å². The summed E-state index contributed by atoms with van der Waals surface area (Å²) in [4.78, 5) is 0. The topological polar surface area (TPSA) is 39.2 Å². The van der Waals surface area contributed by atoms with Gasteiger partial charge in [0.2, 0.25) is 0 Å². The molecule has 0 fully saturated rings. The van der Waals surface area contributed by atoms with Gasteiger partial charge in [0.05, 0.1) is 0 Å². The molecule has 0 atom stereocenters. The third-order valence-corrected chi connectivity index (χ3v) is 3.23. The van der Waals surface area contributed by atoms with Crippen LogP contribution in [0.3, 0.4) is 0 Å². The van der Waals surface area contributed by atoms with Gasteiger partial charge in [-0.25, -0.2) is 0 Å². The molecular formula is C15H12ClNO. The van der Waals surface area contributed by atoms with Crippen molar-refractivity contribution in [3.63, 3.8) is 0 Å². The average molecular weight is 258 g/mol. The Labute approximate surface area is 110 Å². The number of nitrogen functional groups attached to an aromatic ring is 1. The van der Waals surface area contributed by atoms with Crippen molar-refractivity contribution < 1.29 is 4.42 Å². The summed E-state index contributed by atoms with van der Waals surface area (Å²) in [7, 11) is 0. The Morgan fingerprint density at radius 1 is 1.06 bits per heavy atom. The second kappa shape index (κ2) is 4.07. The zero-order valence-corrected chi connectivity index (χ0v) is 10.7. The lowest BCUT2D eigenvalue weighted by molar-refractivity contribution is 0.631.